The van der Waals surface area contributed by atoms with Crippen molar-refractivity contribution in [2.75, 3.05) is 12.4 Å². The number of pyridine rings is 1. The molecule has 3 rings (SSSR count). The molecule has 2 heterocycles. The Hall–Kier alpha value is -2.93. The number of nitrogens with one attached hydrogen (secondary N) is 1. The molecular weight excluding hydrogens is 370 g/mol. The fourth-order valence-electron chi connectivity index (χ4n) is 2.68. The maximum Gasteiger partial charge on any atom is 0.340 e. The first-order chi connectivity index (χ1) is 12.8. The number of fused-ring (bicyclic) bond motifs is 1. The summed E-state index contributed by atoms with van der Waals surface area (Å²) in [6.07, 6.45) is 0. The predicted octanol–water partition coefficient (Wildman–Crippen LogP) is 4.35. The number of ether oxygens (including phenoxy) is 1. The molecule has 3 aromatic rings. The van der Waals surface area contributed by atoms with Crippen molar-refractivity contribution in [3.8, 4) is 0 Å². The number of benzene rings is 1. The lowest BCUT2D eigenvalue weighted by atomic mass is 10.0. The van der Waals surface area contributed by atoms with Crippen LogP contribution < -0.4 is 5.32 Å². The zero-order valence-corrected chi connectivity index (χ0v) is 16.0. The summed E-state index contributed by atoms with van der Waals surface area (Å²) < 4.78 is 10.0. The first kappa shape index (κ1) is 18.8. The number of esters is 1. The van der Waals surface area contributed by atoms with E-state index < -0.39 is 11.9 Å². The summed E-state index contributed by atoms with van der Waals surface area (Å²) in [5.74, 6) is -0.924. The highest BCUT2D eigenvalue weighted by Crippen LogP contribution is 2.27. The van der Waals surface area contributed by atoms with Crippen LogP contribution in [0.15, 0.2) is 28.8 Å². The number of aryl methyl sites for hydroxylation is 1. The average molecular weight is 388 g/mol. The Kier molecular flexibility index (Phi) is 5.14. The lowest BCUT2D eigenvalue weighted by Crippen LogP contribution is -2.16. The third-order valence-corrected chi connectivity index (χ3v) is 4.34. The van der Waals surface area contributed by atoms with E-state index >= 15 is 0 Å². The number of hydrogen-bond donors (Lipinski definition) is 1. The third-order valence-electron chi connectivity index (χ3n) is 4.11. The molecule has 1 N–H and O–H groups in total. The topological polar surface area (TPSA) is 94.3 Å². The number of nitrogens with zero attached hydrogens (tertiary/aromatic N) is 2. The van der Waals surface area contributed by atoms with Crippen molar-refractivity contribution in [2.45, 2.75) is 26.7 Å². The second-order valence-corrected chi connectivity index (χ2v) is 6.77. The molecule has 7 nitrogen and oxygen atoms in total. The number of carbonyl (C=O) groups excluding carboxylic acids is 2. The van der Waals surface area contributed by atoms with Crippen molar-refractivity contribution in [2.24, 2.45) is 0 Å². The quantitative estimate of drug-likeness (QED) is 0.669. The maximum absolute atomic E-state index is 13.0. The Morgan fingerprint density at radius 2 is 1.96 bits per heavy atom. The molecule has 0 aliphatic rings. The largest absolute Gasteiger partial charge is 0.465 e. The van der Waals surface area contributed by atoms with Crippen molar-refractivity contribution in [1.29, 1.82) is 0 Å². The maximum atomic E-state index is 13.0. The number of anilines is 1. The highest BCUT2D eigenvalue weighted by atomic mass is 35.5. The molecule has 2 aromatic heterocycles. The lowest BCUT2D eigenvalue weighted by Gasteiger charge is -2.12. The van der Waals surface area contributed by atoms with Crippen LogP contribution in [0.2, 0.25) is 5.02 Å². The van der Waals surface area contributed by atoms with E-state index in [1.807, 2.05) is 13.8 Å². The van der Waals surface area contributed by atoms with Gasteiger partial charge < -0.3 is 14.6 Å². The van der Waals surface area contributed by atoms with Crippen molar-refractivity contribution in [3.05, 3.63) is 51.8 Å². The van der Waals surface area contributed by atoms with E-state index in [0.717, 1.165) is 0 Å². The van der Waals surface area contributed by atoms with Crippen LogP contribution in [0.5, 0.6) is 0 Å². The summed E-state index contributed by atoms with van der Waals surface area (Å²) in [5, 5.41) is 7.55. The summed E-state index contributed by atoms with van der Waals surface area (Å²) >= 11 is 5.96. The summed E-state index contributed by atoms with van der Waals surface area (Å²) in [4.78, 5) is 29.4. The Balaban J connectivity index is 2.07. The number of rotatable bonds is 4. The zero-order chi connectivity index (χ0) is 19.7. The van der Waals surface area contributed by atoms with Gasteiger partial charge in [-0.25, -0.2) is 9.78 Å². The van der Waals surface area contributed by atoms with Gasteiger partial charge in [0.25, 0.3) is 11.6 Å². The van der Waals surface area contributed by atoms with Crippen LogP contribution >= 0.6 is 11.6 Å². The van der Waals surface area contributed by atoms with Gasteiger partial charge in [-0.1, -0.05) is 30.6 Å². The molecule has 1 amide bonds. The second kappa shape index (κ2) is 7.36. The molecular formula is C19H18ClN3O4. The van der Waals surface area contributed by atoms with Gasteiger partial charge in [0.2, 0.25) is 0 Å². The van der Waals surface area contributed by atoms with Crippen LogP contribution in [0.3, 0.4) is 0 Å². The molecule has 0 saturated carbocycles. The first-order valence-electron chi connectivity index (χ1n) is 8.28. The molecule has 0 fully saturated rings. The summed E-state index contributed by atoms with van der Waals surface area (Å²) in [7, 11) is 1.26. The average Bonchev–Trinajstić information content (AvgIpc) is 3.02. The van der Waals surface area contributed by atoms with Gasteiger partial charge in [0.15, 0.2) is 0 Å². The number of amides is 1. The molecule has 0 spiro atoms. The fourth-order valence-corrected chi connectivity index (χ4v) is 2.85. The summed E-state index contributed by atoms with van der Waals surface area (Å²) in [6.45, 7) is 5.67. The number of aromatic nitrogens is 2. The Morgan fingerprint density at radius 1 is 1.22 bits per heavy atom. The molecule has 0 aliphatic heterocycles. The van der Waals surface area contributed by atoms with Gasteiger partial charge in [0.05, 0.1) is 35.0 Å². The molecule has 1 aromatic carbocycles. The molecule has 0 aliphatic carbocycles. The highest BCUT2D eigenvalue weighted by Gasteiger charge is 2.21. The first-order valence-corrected chi connectivity index (χ1v) is 8.65. The van der Waals surface area contributed by atoms with Crippen LogP contribution in [-0.4, -0.2) is 29.1 Å². The zero-order valence-electron chi connectivity index (χ0n) is 15.3. The minimum absolute atomic E-state index is 0.0903. The number of halogens is 1. The molecule has 27 heavy (non-hydrogen) atoms. The Bertz CT molecular complexity index is 1040. The number of carbonyl (C=O) groups is 2. The van der Waals surface area contributed by atoms with Crippen molar-refractivity contribution in [1.82, 2.24) is 10.1 Å². The van der Waals surface area contributed by atoms with E-state index in [0.29, 0.717) is 38.8 Å². The van der Waals surface area contributed by atoms with Gasteiger partial charge in [0, 0.05) is 10.7 Å². The van der Waals surface area contributed by atoms with Gasteiger partial charge in [-0.05, 0) is 37.1 Å². The van der Waals surface area contributed by atoms with E-state index in [-0.39, 0.29) is 11.5 Å². The van der Waals surface area contributed by atoms with Crippen molar-refractivity contribution in [3.63, 3.8) is 0 Å². The molecule has 0 radical (unpaired) electrons. The molecule has 0 unspecified atom stereocenters. The van der Waals surface area contributed by atoms with Crippen LogP contribution in [0, 0.1) is 6.92 Å². The molecule has 0 atom stereocenters. The van der Waals surface area contributed by atoms with E-state index in [9.17, 15) is 9.59 Å². The minimum atomic E-state index is -0.600. The van der Waals surface area contributed by atoms with Crippen LogP contribution in [0.25, 0.3) is 11.1 Å². The molecule has 140 valence electrons. The molecule has 0 bridgehead atoms. The highest BCUT2D eigenvalue weighted by molar-refractivity contribution is 6.31. The standard InChI is InChI=1S/C19H18ClN3O4/c1-9(2)15-8-13(16-10(3)23-27-18(16)22-15)17(24)21-14-6-5-11(20)7-12(14)19(25)26-4/h5-9H,1-4H3,(H,21,24). The fraction of sp³-hybridized carbons (Fsp3) is 0.263. The van der Waals surface area contributed by atoms with Crippen molar-refractivity contribution >= 4 is 40.3 Å². The van der Waals surface area contributed by atoms with E-state index in [1.54, 1.807) is 25.1 Å². The minimum Gasteiger partial charge on any atom is -0.465 e. The van der Waals surface area contributed by atoms with Gasteiger partial charge in [-0.15, -0.1) is 0 Å². The van der Waals surface area contributed by atoms with Crippen LogP contribution in [-0.2, 0) is 4.74 Å². The van der Waals surface area contributed by atoms with Gasteiger partial charge in [-0.3, -0.25) is 4.79 Å². The monoisotopic (exact) mass is 387 g/mol. The van der Waals surface area contributed by atoms with Gasteiger partial charge in [-0.2, -0.15) is 0 Å². The van der Waals surface area contributed by atoms with Gasteiger partial charge >= 0.3 is 5.97 Å². The SMILES string of the molecule is COC(=O)c1cc(Cl)ccc1NC(=O)c1cc(C(C)C)nc2onc(C)c12. The van der Waals surface area contributed by atoms with Crippen molar-refractivity contribution < 1.29 is 18.8 Å². The summed E-state index contributed by atoms with van der Waals surface area (Å²) in [6, 6.07) is 6.28. The predicted molar refractivity (Wildman–Crippen MR) is 101 cm³/mol. The second-order valence-electron chi connectivity index (χ2n) is 6.33. The van der Waals surface area contributed by atoms with E-state index in [2.05, 4.69) is 15.5 Å². The Labute approximate surface area is 160 Å². The summed E-state index contributed by atoms with van der Waals surface area (Å²) in [5.41, 5.74) is 2.38. The smallest absolute Gasteiger partial charge is 0.340 e. The van der Waals surface area contributed by atoms with Crippen LogP contribution in [0.1, 0.15) is 51.9 Å². The molecule has 0 saturated heterocycles. The lowest BCUT2D eigenvalue weighted by molar-refractivity contribution is 0.0602. The Morgan fingerprint density at radius 3 is 2.63 bits per heavy atom. The molecule has 8 heteroatoms. The van der Waals surface area contributed by atoms with E-state index in [4.69, 9.17) is 20.9 Å². The van der Waals surface area contributed by atoms with Crippen LogP contribution in [0.4, 0.5) is 5.69 Å². The number of methoxy groups -OCH3 is 1. The normalized spacial score (nSPS) is 11.0. The van der Waals surface area contributed by atoms with Gasteiger partial charge in [0.1, 0.15) is 0 Å². The third kappa shape index (κ3) is 3.64. The van der Waals surface area contributed by atoms with E-state index in [1.165, 1.54) is 13.2 Å². The number of hydrogen-bond acceptors (Lipinski definition) is 6.